The molecule has 2 amide bonds. The summed E-state index contributed by atoms with van der Waals surface area (Å²) in [5.41, 5.74) is 2.15. The van der Waals surface area contributed by atoms with Gasteiger partial charge in [-0.3, -0.25) is 18.6 Å². The molecule has 0 saturated carbocycles. The van der Waals surface area contributed by atoms with Gasteiger partial charge in [0.15, 0.2) is 0 Å². The predicted octanol–water partition coefficient (Wildman–Crippen LogP) is 4.01. The molecular weight excluding hydrogens is 573 g/mol. The fourth-order valence-corrected chi connectivity index (χ4v) is 6.21. The summed E-state index contributed by atoms with van der Waals surface area (Å²) in [7, 11) is -4.02. The summed E-state index contributed by atoms with van der Waals surface area (Å²) in [6.07, 6.45) is 0.891. The van der Waals surface area contributed by atoms with Gasteiger partial charge in [0.05, 0.1) is 19.3 Å². The lowest BCUT2D eigenvalue weighted by Gasteiger charge is -2.29. The molecule has 4 N–H and O–H groups in total. The van der Waals surface area contributed by atoms with Gasteiger partial charge < -0.3 is 20.4 Å². The summed E-state index contributed by atoms with van der Waals surface area (Å²) < 4.78 is 25.3. The van der Waals surface area contributed by atoms with Crippen LogP contribution in [0.1, 0.15) is 36.5 Å². The minimum Gasteiger partial charge on any atom is -0.508 e. The van der Waals surface area contributed by atoms with Gasteiger partial charge in [0.2, 0.25) is 11.8 Å². The number of amides is 2. The molecule has 3 atom stereocenters. The molecule has 0 aromatic heterocycles. The number of carbonyl (C=O) groups excluding carboxylic acids is 2. The van der Waals surface area contributed by atoms with Crippen LogP contribution in [0.3, 0.4) is 0 Å². The number of rotatable bonds is 14. The van der Waals surface area contributed by atoms with Crippen molar-refractivity contribution in [2.75, 3.05) is 6.54 Å². The molecule has 11 nitrogen and oxygen atoms in total. The minimum absolute atomic E-state index is 0.000661. The third-order valence-corrected chi connectivity index (χ3v) is 8.68. The Hall–Kier alpha value is -4.02. The summed E-state index contributed by atoms with van der Waals surface area (Å²) in [6, 6.07) is 21.1. The van der Waals surface area contributed by atoms with E-state index in [2.05, 4.69) is 10.4 Å². The maximum absolute atomic E-state index is 13.8. The van der Waals surface area contributed by atoms with Crippen molar-refractivity contribution in [1.82, 2.24) is 15.3 Å². The molecule has 43 heavy (non-hydrogen) atoms. The van der Waals surface area contributed by atoms with Gasteiger partial charge in [-0.15, -0.1) is 0 Å². The number of carboxylic acids is 1. The predicted molar refractivity (Wildman–Crippen MR) is 159 cm³/mol. The van der Waals surface area contributed by atoms with Gasteiger partial charge in [-0.05, 0) is 48.6 Å². The molecule has 1 aliphatic rings. The number of hydrogen-bond donors (Lipinski definition) is 4. The van der Waals surface area contributed by atoms with E-state index in [1.807, 2.05) is 60.7 Å². The Morgan fingerprint density at radius 1 is 0.907 bits per heavy atom. The average molecular weight is 610 g/mol. The zero-order chi connectivity index (χ0) is 30.8. The second-order valence-electron chi connectivity index (χ2n) is 10.3. The number of likely N-dealkylation sites (tertiary alicyclic amines) is 1. The van der Waals surface area contributed by atoms with E-state index in [0.29, 0.717) is 18.4 Å². The van der Waals surface area contributed by atoms with Crippen LogP contribution in [0.5, 0.6) is 5.75 Å². The number of phenolic OH excluding ortho intramolecular Hbond substituents is 1. The molecule has 0 radical (unpaired) electrons. The highest BCUT2D eigenvalue weighted by atomic mass is 31.2. The number of aromatic hydroxyl groups is 1. The van der Waals surface area contributed by atoms with E-state index in [-0.39, 0.29) is 31.9 Å². The molecule has 0 spiro atoms. The normalized spacial score (nSPS) is 16.4. The monoisotopic (exact) mass is 609 g/mol. The lowest BCUT2D eigenvalue weighted by molar-refractivity contribution is -0.144. The Bertz CT molecular complexity index is 1370. The highest BCUT2D eigenvalue weighted by Crippen LogP contribution is 2.46. The molecule has 1 heterocycles. The van der Waals surface area contributed by atoms with Crippen LogP contribution in [-0.4, -0.2) is 57.6 Å². The fraction of sp³-hybridized carbons (Fsp3) is 0.323. The van der Waals surface area contributed by atoms with Gasteiger partial charge in [0.1, 0.15) is 17.8 Å². The molecular formula is C31H36N3O8P. The molecule has 1 fully saturated rings. The molecule has 12 heteroatoms. The molecule has 1 saturated heterocycles. The van der Waals surface area contributed by atoms with Crippen LogP contribution < -0.4 is 10.4 Å². The van der Waals surface area contributed by atoms with Gasteiger partial charge >= 0.3 is 13.7 Å². The van der Waals surface area contributed by atoms with E-state index >= 15 is 0 Å². The fourth-order valence-electron chi connectivity index (χ4n) is 4.76. The standard InChI is InChI=1S/C31H36N3O8P/c1-22(33-43(40,41-20-24-9-4-2-5-10-24)42-21-25-11-6-3-7-12-25)30(37)34-18-8-13-28(34)29(36)32-27(31(38)39)19-23-14-16-26(35)17-15-23/h2-7,9-12,14-17,22,27-28,35H,8,13,18-21H2,1H3,(H,32,36)(H,33,40)(H,38,39)/t22-,27-,28-/m0/s1. The molecule has 3 aromatic carbocycles. The third-order valence-electron chi connectivity index (χ3n) is 7.04. The van der Waals surface area contributed by atoms with Crippen LogP contribution in [0.2, 0.25) is 0 Å². The topological polar surface area (TPSA) is 154 Å². The van der Waals surface area contributed by atoms with Crippen molar-refractivity contribution in [2.24, 2.45) is 0 Å². The number of carboxylic acid groups (broad SMARTS) is 1. The van der Waals surface area contributed by atoms with Crippen molar-refractivity contribution in [3.05, 3.63) is 102 Å². The van der Waals surface area contributed by atoms with Crippen LogP contribution in [-0.2, 0) is 47.6 Å². The molecule has 0 bridgehead atoms. The number of aliphatic carboxylic acids is 1. The number of benzene rings is 3. The first-order chi connectivity index (χ1) is 20.6. The Balaban J connectivity index is 1.42. The molecule has 0 aliphatic carbocycles. The van der Waals surface area contributed by atoms with Crippen molar-refractivity contribution in [1.29, 1.82) is 0 Å². The maximum Gasteiger partial charge on any atom is 0.406 e. The van der Waals surface area contributed by atoms with E-state index in [4.69, 9.17) is 9.05 Å². The number of nitrogens with one attached hydrogen (secondary N) is 2. The first-order valence-corrected chi connectivity index (χ1v) is 15.5. The average Bonchev–Trinajstić information content (AvgIpc) is 3.51. The molecule has 4 rings (SSSR count). The van der Waals surface area contributed by atoms with Crippen molar-refractivity contribution in [3.63, 3.8) is 0 Å². The maximum atomic E-state index is 13.8. The molecule has 228 valence electrons. The minimum atomic E-state index is -4.02. The highest BCUT2D eigenvalue weighted by Gasteiger charge is 2.39. The van der Waals surface area contributed by atoms with Gasteiger partial charge in [0.25, 0.3) is 0 Å². The quantitative estimate of drug-likeness (QED) is 0.199. The lowest BCUT2D eigenvalue weighted by atomic mass is 10.0. The number of phenols is 1. The third kappa shape index (κ3) is 9.23. The van der Waals surface area contributed by atoms with E-state index in [1.54, 1.807) is 12.1 Å². The summed E-state index contributed by atoms with van der Waals surface area (Å²) in [4.78, 5) is 40.0. The zero-order valence-corrected chi connectivity index (χ0v) is 24.7. The van der Waals surface area contributed by atoms with E-state index in [1.165, 1.54) is 24.0 Å². The second-order valence-corrected chi connectivity index (χ2v) is 12.1. The van der Waals surface area contributed by atoms with Gasteiger partial charge in [-0.1, -0.05) is 72.8 Å². The SMILES string of the molecule is C[C@H](NP(=O)(OCc1ccccc1)OCc1ccccc1)C(=O)N1CCC[C@H]1C(=O)N[C@@H](Cc1ccc(O)cc1)C(=O)O. The number of carbonyl (C=O) groups is 3. The van der Waals surface area contributed by atoms with Crippen LogP contribution in [0.15, 0.2) is 84.9 Å². The summed E-state index contributed by atoms with van der Waals surface area (Å²) in [6.45, 7) is 1.75. The first kappa shape index (κ1) is 31.9. The smallest absolute Gasteiger partial charge is 0.406 e. The highest BCUT2D eigenvalue weighted by molar-refractivity contribution is 7.51. The van der Waals surface area contributed by atoms with Crippen molar-refractivity contribution in [3.8, 4) is 5.75 Å². The Morgan fingerprint density at radius 2 is 1.47 bits per heavy atom. The van der Waals surface area contributed by atoms with Crippen LogP contribution in [0.4, 0.5) is 0 Å². The van der Waals surface area contributed by atoms with Crippen LogP contribution >= 0.6 is 7.75 Å². The number of hydrogen-bond acceptors (Lipinski definition) is 7. The van der Waals surface area contributed by atoms with Crippen LogP contribution in [0, 0.1) is 0 Å². The van der Waals surface area contributed by atoms with Crippen molar-refractivity contribution in [2.45, 2.75) is 57.5 Å². The summed E-state index contributed by atoms with van der Waals surface area (Å²) >= 11 is 0. The first-order valence-electron chi connectivity index (χ1n) is 14.0. The Kier molecular flexibility index (Phi) is 11.1. The number of nitrogens with zero attached hydrogens (tertiary/aromatic N) is 1. The zero-order valence-electron chi connectivity index (χ0n) is 23.8. The molecule has 0 unspecified atom stereocenters. The largest absolute Gasteiger partial charge is 0.508 e. The van der Waals surface area contributed by atoms with E-state index < -0.39 is 43.7 Å². The van der Waals surface area contributed by atoms with Gasteiger partial charge in [-0.2, -0.15) is 0 Å². The van der Waals surface area contributed by atoms with Crippen LogP contribution in [0.25, 0.3) is 0 Å². The Morgan fingerprint density at radius 3 is 2.00 bits per heavy atom. The summed E-state index contributed by atoms with van der Waals surface area (Å²) in [5.74, 6) is -2.26. The van der Waals surface area contributed by atoms with E-state index in [9.17, 15) is 29.2 Å². The lowest BCUT2D eigenvalue weighted by Crippen LogP contribution is -2.54. The van der Waals surface area contributed by atoms with E-state index in [0.717, 1.165) is 11.1 Å². The summed E-state index contributed by atoms with van der Waals surface area (Å²) in [5, 5.41) is 24.5. The van der Waals surface area contributed by atoms with Crippen molar-refractivity contribution >= 4 is 25.5 Å². The van der Waals surface area contributed by atoms with Crippen molar-refractivity contribution < 1.29 is 38.2 Å². The van der Waals surface area contributed by atoms with Gasteiger partial charge in [-0.25, -0.2) is 14.4 Å². The molecule has 3 aromatic rings. The van der Waals surface area contributed by atoms with Gasteiger partial charge in [0, 0.05) is 13.0 Å². The molecule has 1 aliphatic heterocycles. The Labute approximate surface area is 250 Å². The second kappa shape index (κ2) is 14.9.